The molecule has 0 bridgehead atoms. The van der Waals surface area contributed by atoms with E-state index in [1.54, 1.807) is 6.07 Å². The number of rotatable bonds is 5. The van der Waals surface area contributed by atoms with Crippen LogP contribution in [0.25, 0.3) is 0 Å². The highest BCUT2D eigenvalue weighted by atomic mass is 16.5. The number of aryl methyl sites for hydroxylation is 1. The molecule has 0 saturated carbocycles. The number of anilines is 1. The van der Waals surface area contributed by atoms with Crippen molar-refractivity contribution in [1.29, 1.82) is 0 Å². The molecule has 2 N–H and O–H groups in total. The standard InChI is InChI=1S/C31H31N3O3/c1-19-10-8-15-26(32-19)34-30(36)27-20(2)33-24-17-31(3,4)18-25(35)29(24)28(27)21-11-9-14-23(16-21)37-22-12-6-5-7-13-22/h5-16,28,33H,17-18H2,1-4H3,(H,32,34,36)/t28-/m0/s1. The van der Waals surface area contributed by atoms with Crippen LogP contribution >= 0.6 is 0 Å². The summed E-state index contributed by atoms with van der Waals surface area (Å²) >= 11 is 0. The van der Waals surface area contributed by atoms with Crippen LogP contribution in [-0.2, 0) is 9.59 Å². The van der Waals surface area contributed by atoms with Gasteiger partial charge in [-0.1, -0.05) is 50.2 Å². The largest absolute Gasteiger partial charge is 0.457 e. The van der Waals surface area contributed by atoms with Gasteiger partial charge < -0.3 is 15.4 Å². The van der Waals surface area contributed by atoms with E-state index >= 15 is 0 Å². The molecular weight excluding hydrogens is 462 g/mol. The Kier molecular flexibility index (Phi) is 6.42. The van der Waals surface area contributed by atoms with E-state index in [0.717, 1.165) is 34.8 Å². The second-order valence-electron chi connectivity index (χ2n) is 10.5. The molecule has 37 heavy (non-hydrogen) atoms. The lowest BCUT2D eigenvalue weighted by molar-refractivity contribution is -0.118. The minimum absolute atomic E-state index is 0.0598. The monoisotopic (exact) mass is 493 g/mol. The number of dihydropyridines is 1. The summed E-state index contributed by atoms with van der Waals surface area (Å²) < 4.78 is 6.09. The first kappa shape index (κ1) is 24.5. The van der Waals surface area contributed by atoms with E-state index in [1.165, 1.54) is 0 Å². The number of para-hydroxylation sites is 1. The van der Waals surface area contributed by atoms with Gasteiger partial charge in [0.05, 0.1) is 0 Å². The van der Waals surface area contributed by atoms with Crippen molar-refractivity contribution < 1.29 is 14.3 Å². The molecule has 2 aromatic carbocycles. The van der Waals surface area contributed by atoms with Crippen LogP contribution in [0.4, 0.5) is 5.82 Å². The summed E-state index contributed by atoms with van der Waals surface area (Å²) in [6.45, 7) is 7.98. The molecule has 0 spiro atoms. The van der Waals surface area contributed by atoms with Crippen molar-refractivity contribution in [1.82, 2.24) is 10.3 Å². The third kappa shape index (κ3) is 5.19. The Bertz CT molecular complexity index is 1440. The molecule has 6 heteroatoms. The number of nitrogens with zero attached hydrogens (tertiary/aromatic N) is 1. The lowest BCUT2D eigenvalue weighted by Crippen LogP contribution is -2.39. The van der Waals surface area contributed by atoms with Crippen molar-refractivity contribution in [3.05, 3.63) is 107 Å². The highest BCUT2D eigenvalue weighted by Gasteiger charge is 2.42. The van der Waals surface area contributed by atoms with Gasteiger partial charge in [0.1, 0.15) is 17.3 Å². The lowest BCUT2D eigenvalue weighted by atomic mass is 9.68. The highest BCUT2D eigenvalue weighted by molar-refractivity contribution is 6.09. The number of ether oxygens (including phenoxy) is 1. The predicted molar refractivity (Wildman–Crippen MR) is 144 cm³/mol. The number of carbonyl (C=O) groups is 2. The summed E-state index contributed by atoms with van der Waals surface area (Å²) in [4.78, 5) is 31.8. The molecule has 3 aromatic rings. The first-order valence-corrected chi connectivity index (χ1v) is 12.5. The zero-order chi connectivity index (χ0) is 26.2. The van der Waals surface area contributed by atoms with Crippen LogP contribution in [0.15, 0.2) is 95.3 Å². The summed E-state index contributed by atoms with van der Waals surface area (Å²) in [5.41, 5.74) is 4.27. The Morgan fingerprint density at radius 1 is 0.973 bits per heavy atom. The van der Waals surface area contributed by atoms with Gasteiger partial charge in [0.25, 0.3) is 5.91 Å². The van der Waals surface area contributed by atoms with Crippen molar-refractivity contribution in [3.8, 4) is 11.5 Å². The van der Waals surface area contributed by atoms with Crippen LogP contribution in [0.2, 0.25) is 0 Å². The first-order valence-electron chi connectivity index (χ1n) is 12.5. The predicted octanol–water partition coefficient (Wildman–Crippen LogP) is 6.43. The van der Waals surface area contributed by atoms with Crippen LogP contribution < -0.4 is 15.4 Å². The van der Waals surface area contributed by atoms with Crippen LogP contribution in [-0.4, -0.2) is 16.7 Å². The Balaban J connectivity index is 1.58. The molecular formula is C31H31N3O3. The molecule has 1 amide bonds. The second-order valence-corrected chi connectivity index (χ2v) is 10.5. The fourth-order valence-electron chi connectivity index (χ4n) is 5.25. The van der Waals surface area contributed by atoms with Gasteiger partial charge >= 0.3 is 0 Å². The fourth-order valence-corrected chi connectivity index (χ4v) is 5.25. The number of hydrogen-bond acceptors (Lipinski definition) is 5. The molecule has 0 radical (unpaired) electrons. The smallest absolute Gasteiger partial charge is 0.255 e. The fraction of sp³-hybridized carbons (Fsp3) is 0.258. The molecule has 0 saturated heterocycles. The SMILES string of the molecule is CC1=C(C(=O)Nc2cccc(C)n2)[C@H](c2cccc(Oc3ccccc3)c2)C2=C(CC(C)(C)CC2=O)N1. The molecule has 0 unspecified atom stereocenters. The summed E-state index contributed by atoms with van der Waals surface area (Å²) in [6.07, 6.45) is 1.16. The number of carbonyl (C=O) groups excluding carboxylic acids is 2. The molecule has 1 aliphatic heterocycles. The van der Waals surface area contributed by atoms with Crippen LogP contribution in [0.3, 0.4) is 0 Å². The van der Waals surface area contributed by atoms with Crippen molar-refractivity contribution >= 4 is 17.5 Å². The number of allylic oxidation sites excluding steroid dienone is 3. The molecule has 1 aliphatic carbocycles. The molecule has 188 valence electrons. The van der Waals surface area contributed by atoms with E-state index in [-0.39, 0.29) is 17.1 Å². The lowest BCUT2D eigenvalue weighted by Gasteiger charge is -2.39. The number of ketones is 1. The van der Waals surface area contributed by atoms with E-state index in [1.807, 2.05) is 80.6 Å². The van der Waals surface area contributed by atoms with Gasteiger partial charge in [-0.15, -0.1) is 0 Å². The number of amides is 1. The average molecular weight is 494 g/mol. The number of pyridine rings is 1. The van der Waals surface area contributed by atoms with Crippen LogP contribution in [0.1, 0.15) is 50.8 Å². The number of Topliss-reactive ketones (excluding diaryl/α,β-unsaturated/α-hetero) is 1. The van der Waals surface area contributed by atoms with Gasteiger partial charge in [-0.25, -0.2) is 4.98 Å². The van der Waals surface area contributed by atoms with Gasteiger partial charge in [0.2, 0.25) is 0 Å². The third-order valence-corrected chi connectivity index (χ3v) is 6.78. The zero-order valence-electron chi connectivity index (χ0n) is 21.6. The van der Waals surface area contributed by atoms with Gasteiger partial charge in [-0.3, -0.25) is 9.59 Å². The summed E-state index contributed by atoms with van der Waals surface area (Å²) in [5, 5.41) is 6.36. The third-order valence-electron chi connectivity index (χ3n) is 6.78. The van der Waals surface area contributed by atoms with Gasteiger partial charge in [-0.2, -0.15) is 0 Å². The Hall–Kier alpha value is -4.19. The van der Waals surface area contributed by atoms with Crippen molar-refractivity contribution in [2.75, 3.05) is 5.32 Å². The Labute approximate surface area is 217 Å². The zero-order valence-corrected chi connectivity index (χ0v) is 21.6. The van der Waals surface area contributed by atoms with E-state index in [0.29, 0.717) is 29.1 Å². The Morgan fingerprint density at radius 3 is 2.46 bits per heavy atom. The maximum Gasteiger partial charge on any atom is 0.255 e. The maximum absolute atomic E-state index is 13.7. The van der Waals surface area contributed by atoms with Crippen LogP contribution in [0.5, 0.6) is 11.5 Å². The molecule has 1 atom stereocenters. The van der Waals surface area contributed by atoms with E-state index < -0.39 is 5.92 Å². The highest BCUT2D eigenvalue weighted by Crippen LogP contribution is 2.47. The number of aromatic nitrogens is 1. The van der Waals surface area contributed by atoms with Crippen LogP contribution in [0, 0.1) is 12.3 Å². The summed E-state index contributed by atoms with van der Waals surface area (Å²) in [6, 6.07) is 22.7. The van der Waals surface area contributed by atoms with E-state index in [4.69, 9.17) is 4.74 Å². The van der Waals surface area contributed by atoms with Gasteiger partial charge in [0, 0.05) is 40.6 Å². The molecule has 6 nitrogen and oxygen atoms in total. The van der Waals surface area contributed by atoms with E-state index in [9.17, 15) is 9.59 Å². The number of benzene rings is 2. The first-order chi connectivity index (χ1) is 17.7. The van der Waals surface area contributed by atoms with Gasteiger partial charge in [-0.05, 0) is 67.6 Å². The molecule has 2 heterocycles. The molecule has 2 aliphatic rings. The summed E-state index contributed by atoms with van der Waals surface area (Å²) in [5.74, 6) is 1.09. The van der Waals surface area contributed by atoms with Gasteiger partial charge in [0.15, 0.2) is 5.78 Å². The minimum Gasteiger partial charge on any atom is -0.457 e. The average Bonchev–Trinajstić information content (AvgIpc) is 2.83. The summed E-state index contributed by atoms with van der Waals surface area (Å²) in [7, 11) is 0. The minimum atomic E-state index is -0.524. The second kappa shape index (κ2) is 9.69. The molecule has 5 rings (SSSR count). The topological polar surface area (TPSA) is 80.3 Å². The van der Waals surface area contributed by atoms with Crippen molar-refractivity contribution in [2.45, 2.75) is 46.5 Å². The quantitative estimate of drug-likeness (QED) is 0.428. The van der Waals surface area contributed by atoms with E-state index in [2.05, 4.69) is 29.5 Å². The normalized spacial score (nSPS) is 18.7. The number of hydrogen-bond donors (Lipinski definition) is 2. The van der Waals surface area contributed by atoms with Crippen molar-refractivity contribution in [3.63, 3.8) is 0 Å². The maximum atomic E-state index is 13.7. The Morgan fingerprint density at radius 2 is 1.70 bits per heavy atom. The van der Waals surface area contributed by atoms with Crippen molar-refractivity contribution in [2.24, 2.45) is 5.41 Å². The molecule has 1 aromatic heterocycles. The number of nitrogens with one attached hydrogen (secondary N) is 2. The molecule has 0 fully saturated rings.